The van der Waals surface area contributed by atoms with E-state index >= 15 is 0 Å². The summed E-state index contributed by atoms with van der Waals surface area (Å²) in [5.41, 5.74) is 2.59. The molecule has 2 fully saturated rings. The molecule has 1 aromatic heterocycles. The molecule has 0 saturated carbocycles. The number of aryl methyl sites for hydroxylation is 1. The minimum absolute atomic E-state index is 0.118. The van der Waals surface area contributed by atoms with Gasteiger partial charge in [0.05, 0.1) is 5.69 Å². The fraction of sp³-hybridized carbons (Fsp3) is 0.647. The average molecular weight is 287 g/mol. The Kier molecular flexibility index (Phi) is 3.74. The molecule has 1 spiro atoms. The molecule has 4 heteroatoms. The maximum atomic E-state index is 12.1. The highest BCUT2D eigenvalue weighted by Gasteiger charge is 2.48. The molecule has 1 aromatic rings. The monoisotopic (exact) mass is 287 g/mol. The van der Waals surface area contributed by atoms with Crippen LogP contribution in [-0.4, -0.2) is 46.9 Å². The van der Waals surface area contributed by atoms with Crippen LogP contribution in [0.1, 0.15) is 31.7 Å². The molecule has 4 nitrogen and oxygen atoms in total. The van der Waals surface area contributed by atoms with Crippen molar-refractivity contribution in [2.75, 3.05) is 26.2 Å². The van der Waals surface area contributed by atoms with Crippen molar-refractivity contribution in [3.05, 3.63) is 29.6 Å². The quantitative estimate of drug-likeness (QED) is 0.854. The lowest BCUT2D eigenvalue weighted by Crippen LogP contribution is -2.57. The standard InChI is InChI=1S/C17H25N3O/c1-13(2)16(21)20-8-7-17(12-20)10-19(11-17)9-15-6-4-5-14(3)18-15/h4-6,13H,7-12H2,1-3H3. The number of hydrogen-bond acceptors (Lipinski definition) is 3. The molecule has 0 atom stereocenters. The van der Waals surface area contributed by atoms with Crippen molar-refractivity contribution in [2.24, 2.45) is 11.3 Å². The van der Waals surface area contributed by atoms with Crippen LogP contribution in [0.4, 0.5) is 0 Å². The second kappa shape index (κ2) is 5.41. The van der Waals surface area contributed by atoms with E-state index in [4.69, 9.17) is 0 Å². The van der Waals surface area contributed by atoms with E-state index in [0.717, 1.165) is 50.5 Å². The predicted octanol–water partition coefficient (Wildman–Crippen LogP) is 2.08. The Labute approximate surface area is 127 Å². The summed E-state index contributed by atoms with van der Waals surface area (Å²) >= 11 is 0. The molecule has 21 heavy (non-hydrogen) atoms. The summed E-state index contributed by atoms with van der Waals surface area (Å²) in [6, 6.07) is 6.21. The van der Waals surface area contributed by atoms with Crippen molar-refractivity contribution in [3.63, 3.8) is 0 Å². The zero-order valence-corrected chi connectivity index (χ0v) is 13.3. The van der Waals surface area contributed by atoms with Gasteiger partial charge >= 0.3 is 0 Å². The summed E-state index contributed by atoms with van der Waals surface area (Å²) in [4.78, 5) is 21.2. The van der Waals surface area contributed by atoms with Crippen LogP contribution in [0.25, 0.3) is 0 Å². The number of carbonyl (C=O) groups is 1. The van der Waals surface area contributed by atoms with Crippen LogP contribution in [0.15, 0.2) is 18.2 Å². The highest BCUT2D eigenvalue weighted by Crippen LogP contribution is 2.40. The summed E-state index contributed by atoms with van der Waals surface area (Å²) < 4.78 is 0. The van der Waals surface area contributed by atoms with Crippen LogP contribution >= 0.6 is 0 Å². The van der Waals surface area contributed by atoms with Gasteiger partial charge in [0.25, 0.3) is 0 Å². The normalized spacial score (nSPS) is 21.0. The van der Waals surface area contributed by atoms with E-state index < -0.39 is 0 Å². The molecule has 3 rings (SSSR count). The van der Waals surface area contributed by atoms with Crippen molar-refractivity contribution in [2.45, 2.75) is 33.7 Å². The Morgan fingerprint density at radius 3 is 2.76 bits per heavy atom. The largest absolute Gasteiger partial charge is 0.342 e. The van der Waals surface area contributed by atoms with Crippen molar-refractivity contribution >= 4 is 5.91 Å². The number of carbonyl (C=O) groups excluding carboxylic acids is 1. The third-order valence-electron chi connectivity index (χ3n) is 4.69. The number of hydrogen-bond donors (Lipinski definition) is 0. The molecule has 0 aliphatic carbocycles. The zero-order chi connectivity index (χ0) is 15.0. The molecule has 1 amide bonds. The molecule has 3 heterocycles. The van der Waals surface area contributed by atoms with E-state index in [-0.39, 0.29) is 5.92 Å². The van der Waals surface area contributed by atoms with Crippen molar-refractivity contribution in [1.29, 1.82) is 0 Å². The first-order chi connectivity index (χ1) is 9.97. The molecular weight excluding hydrogens is 262 g/mol. The van der Waals surface area contributed by atoms with Gasteiger partial charge in [-0.2, -0.15) is 0 Å². The molecule has 2 aliphatic rings. The van der Waals surface area contributed by atoms with Crippen LogP contribution in [0, 0.1) is 18.3 Å². The Balaban J connectivity index is 1.53. The Bertz CT molecular complexity index is 535. The maximum absolute atomic E-state index is 12.1. The van der Waals surface area contributed by atoms with Crippen molar-refractivity contribution in [1.82, 2.24) is 14.8 Å². The fourth-order valence-electron chi connectivity index (χ4n) is 3.68. The van der Waals surface area contributed by atoms with Gasteiger partial charge in [-0.15, -0.1) is 0 Å². The summed E-state index contributed by atoms with van der Waals surface area (Å²) in [6.45, 7) is 11.0. The number of likely N-dealkylation sites (tertiary alicyclic amines) is 2. The van der Waals surface area contributed by atoms with Crippen LogP contribution < -0.4 is 0 Å². The van der Waals surface area contributed by atoms with Gasteiger partial charge in [-0.05, 0) is 25.5 Å². The Morgan fingerprint density at radius 1 is 1.33 bits per heavy atom. The first-order valence-corrected chi connectivity index (χ1v) is 7.91. The van der Waals surface area contributed by atoms with E-state index in [1.807, 2.05) is 26.8 Å². The van der Waals surface area contributed by atoms with E-state index in [1.165, 1.54) is 0 Å². The summed E-state index contributed by atoms with van der Waals surface area (Å²) in [5, 5.41) is 0. The third kappa shape index (κ3) is 2.95. The van der Waals surface area contributed by atoms with Crippen LogP contribution in [0.2, 0.25) is 0 Å². The highest BCUT2D eigenvalue weighted by molar-refractivity contribution is 5.78. The van der Waals surface area contributed by atoms with E-state index in [1.54, 1.807) is 0 Å². The van der Waals surface area contributed by atoms with Crippen LogP contribution in [0.3, 0.4) is 0 Å². The molecule has 2 saturated heterocycles. The van der Waals surface area contributed by atoms with Crippen molar-refractivity contribution < 1.29 is 4.79 Å². The highest BCUT2D eigenvalue weighted by atomic mass is 16.2. The van der Waals surface area contributed by atoms with E-state index in [0.29, 0.717) is 11.3 Å². The fourth-order valence-corrected chi connectivity index (χ4v) is 3.68. The molecule has 0 unspecified atom stereocenters. The lowest BCUT2D eigenvalue weighted by atomic mass is 9.79. The van der Waals surface area contributed by atoms with Gasteiger partial charge in [-0.3, -0.25) is 14.7 Å². The molecule has 2 aliphatic heterocycles. The zero-order valence-electron chi connectivity index (χ0n) is 13.3. The van der Waals surface area contributed by atoms with Gasteiger partial charge < -0.3 is 4.90 Å². The predicted molar refractivity (Wildman–Crippen MR) is 82.7 cm³/mol. The topological polar surface area (TPSA) is 36.4 Å². The number of rotatable bonds is 3. The van der Waals surface area contributed by atoms with Gasteiger partial charge in [0.2, 0.25) is 5.91 Å². The summed E-state index contributed by atoms with van der Waals surface area (Å²) in [5.74, 6) is 0.429. The van der Waals surface area contributed by atoms with Crippen LogP contribution in [0.5, 0.6) is 0 Å². The third-order valence-corrected chi connectivity index (χ3v) is 4.69. The first kappa shape index (κ1) is 14.5. The second-order valence-corrected chi connectivity index (χ2v) is 7.08. The van der Waals surface area contributed by atoms with E-state index in [2.05, 4.69) is 26.9 Å². The van der Waals surface area contributed by atoms with Gasteiger partial charge in [0.15, 0.2) is 0 Å². The molecule has 0 N–H and O–H groups in total. The number of amides is 1. The maximum Gasteiger partial charge on any atom is 0.225 e. The molecule has 0 radical (unpaired) electrons. The minimum Gasteiger partial charge on any atom is -0.342 e. The summed E-state index contributed by atoms with van der Waals surface area (Å²) in [6.07, 6.45) is 1.16. The molecular formula is C17H25N3O. The summed E-state index contributed by atoms with van der Waals surface area (Å²) in [7, 11) is 0. The lowest BCUT2D eigenvalue weighted by molar-refractivity contribution is -0.134. The second-order valence-electron chi connectivity index (χ2n) is 7.08. The molecule has 0 aromatic carbocycles. The van der Waals surface area contributed by atoms with Gasteiger partial charge in [-0.1, -0.05) is 19.9 Å². The Hall–Kier alpha value is -1.42. The van der Waals surface area contributed by atoms with Gasteiger partial charge in [0, 0.05) is 49.8 Å². The first-order valence-electron chi connectivity index (χ1n) is 7.91. The average Bonchev–Trinajstić information content (AvgIpc) is 2.82. The van der Waals surface area contributed by atoms with Gasteiger partial charge in [-0.25, -0.2) is 0 Å². The smallest absolute Gasteiger partial charge is 0.225 e. The number of nitrogens with zero attached hydrogens (tertiary/aromatic N) is 3. The lowest BCUT2D eigenvalue weighted by Gasteiger charge is -2.48. The van der Waals surface area contributed by atoms with Gasteiger partial charge in [0.1, 0.15) is 0 Å². The van der Waals surface area contributed by atoms with Crippen molar-refractivity contribution in [3.8, 4) is 0 Å². The minimum atomic E-state index is 0.118. The number of pyridine rings is 1. The van der Waals surface area contributed by atoms with Crippen LogP contribution in [-0.2, 0) is 11.3 Å². The Morgan fingerprint density at radius 2 is 2.10 bits per heavy atom. The number of aromatic nitrogens is 1. The SMILES string of the molecule is Cc1cccc(CN2CC3(CCN(C(=O)C(C)C)C3)C2)n1. The molecule has 114 valence electrons. The van der Waals surface area contributed by atoms with E-state index in [9.17, 15) is 4.79 Å². The molecule has 0 bridgehead atoms.